The van der Waals surface area contributed by atoms with Crippen LogP contribution in [0.15, 0.2) is 83.9 Å². The van der Waals surface area contributed by atoms with Gasteiger partial charge in [0.05, 0.1) is 5.56 Å². The van der Waals surface area contributed by atoms with E-state index in [4.69, 9.17) is 0 Å². The molecule has 0 saturated heterocycles. The lowest BCUT2D eigenvalue weighted by Gasteiger charge is -2.18. The first-order valence-corrected chi connectivity index (χ1v) is 8.80. The molecule has 5 heteroatoms. The minimum atomic E-state index is -0.229. The van der Waals surface area contributed by atoms with Crippen LogP contribution < -0.4 is 10.9 Å². The van der Waals surface area contributed by atoms with E-state index in [0.29, 0.717) is 12.1 Å². The standard InChI is InChI=1S/C22H19N3O2/c26-21-11-10-16(12-24-21)22(27)25-13-18(15-6-2-1-3-7-15)19-14-23-20-9-5-4-8-17(19)20/h1-12,14,18,23H,13H2,(H,24,26)(H,25,27)/t18-/m1/s1. The van der Waals surface area contributed by atoms with Crippen molar-refractivity contribution in [2.45, 2.75) is 5.92 Å². The van der Waals surface area contributed by atoms with E-state index >= 15 is 0 Å². The van der Waals surface area contributed by atoms with Crippen LogP contribution in [-0.2, 0) is 0 Å². The Morgan fingerprint density at radius 3 is 2.44 bits per heavy atom. The minimum absolute atomic E-state index is 0.00839. The van der Waals surface area contributed by atoms with E-state index in [9.17, 15) is 9.59 Å². The number of fused-ring (bicyclic) bond motifs is 1. The van der Waals surface area contributed by atoms with Gasteiger partial charge >= 0.3 is 0 Å². The van der Waals surface area contributed by atoms with Gasteiger partial charge in [0.2, 0.25) is 5.56 Å². The van der Waals surface area contributed by atoms with E-state index in [1.54, 1.807) is 0 Å². The van der Waals surface area contributed by atoms with Crippen LogP contribution in [0.4, 0.5) is 0 Å². The Morgan fingerprint density at radius 2 is 1.67 bits per heavy atom. The minimum Gasteiger partial charge on any atom is -0.361 e. The van der Waals surface area contributed by atoms with E-state index in [1.807, 2.05) is 42.6 Å². The molecule has 2 aromatic carbocycles. The number of aromatic amines is 2. The zero-order valence-corrected chi connectivity index (χ0v) is 14.6. The number of hydrogen-bond donors (Lipinski definition) is 3. The lowest BCUT2D eigenvalue weighted by molar-refractivity contribution is 0.0952. The van der Waals surface area contributed by atoms with Crippen LogP contribution in [0.3, 0.4) is 0 Å². The highest BCUT2D eigenvalue weighted by molar-refractivity contribution is 5.94. The number of carbonyl (C=O) groups is 1. The summed E-state index contributed by atoms with van der Waals surface area (Å²) < 4.78 is 0. The molecule has 0 aliphatic carbocycles. The van der Waals surface area contributed by atoms with Crippen LogP contribution in [0.2, 0.25) is 0 Å². The van der Waals surface area contributed by atoms with E-state index in [2.05, 4.69) is 33.5 Å². The third kappa shape index (κ3) is 3.53. The summed E-state index contributed by atoms with van der Waals surface area (Å²) in [5.41, 5.74) is 3.54. The first-order chi connectivity index (χ1) is 13.2. The van der Waals surface area contributed by atoms with Crippen molar-refractivity contribution in [1.82, 2.24) is 15.3 Å². The molecule has 0 unspecified atom stereocenters. The van der Waals surface area contributed by atoms with Crippen molar-refractivity contribution in [3.8, 4) is 0 Å². The Labute approximate surface area is 156 Å². The number of rotatable bonds is 5. The number of H-pyrrole nitrogens is 2. The number of para-hydroxylation sites is 1. The second-order valence-corrected chi connectivity index (χ2v) is 6.40. The van der Waals surface area contributed by atoms with Crippen molar-refractivity contribution in [3.63, 3.8) is 0 Å². The summed E-state index contributed by atoms with van der Waals surface area (Å²) in [6.07, 6.45) is 3.44. The molecule has 0 bridgehead atoms. The van der Waals surface area contributed by atoms with Crippen LogP contribution in [0.1, 0.15) is 27.4 Å². The number of benzene rings is 2. The fourth-order valence-corrected chi connectivity index (χ4v) is 3.32. The molecule has 134 valence electrons. The highest BCUT2D eigenvalue weighted by Crippen LogP contribution is 2.30. The maximum atomic E-state index is 12.5. The van der Waals surface area contributed by atoms with Gasteiger partial charge in [-0.3, -0.25) is 9.59 Å². The fourth-order valence-electron chi connectivity index (χ4n) is 3.32. The zero-order chi connectivity index (χ0) is 18.6. The number of nitrogens with one attached hydrogen (secondary N) is 3. The van der Waals surface area contributed by atoms with E-state index in [0.717, 1.165) is 22.0 Å². The quantitative estimate of drug-likeness (QED) is 0.512. The van der Waals surface area contributed by atoms with Gasteiger partial charge in [-0.25, -0.2) is 0 Å². The summed E-state index contributed by atoms with van der Waals surface area (Å²) >= 11 is 0. The Hall–Kier alpha value is -3.60. The van der Waals surface area contributed by atoms with Gasteiger partial charge in [0.1, 0.15) is 0 Å². The SMILES string of the molecule is O=C(NC[C@H](c1ccccc1)c1c[nH]c2ccccc12)c1ccc(=O)[nH]c1. The predicted molar refractivity (Wildman–Crippen MR) is 106 cm³/mol. The third-order valence-corrected chi connectivity index (χ3v) is 4.71. The van der Waals surface area contributed by atoms with Gasteiger partial charge in [0, 0.05) is 41.8 Å². The normalized spacial score (nSPS) is 12.0. The van der Waals surface area contributed by atoms with Crippen LogP contribution in [0, 0.1) is 0 Å². The maximum Gasteiger partial charge on any atom is 0.252 e. The number of pyridine rings is 1. The molecule has 0 spiro atoms. The molecule has 27 heavy (non-hydrogen) atoms. The topological polar surface area (TPSA) is 77.8 Å². The van der Waals surface area contributed by atoms with Gasteiger partial charge in [-0.1, -0.05) is 48.5 Å². The van der Waals surface area contributed by atoms with Gasteiger partial charge in [-0.2, -0.15) is 0 Å². The van der Waals surface area contributed by atoms with Crippen LogP contribution in [0.25, 0.3) is 10.9 Å². The number of hydrogen-bond acceptors (Lipinski definition) is 2. The average molecular weight is 357 g/mol. The molecule has 1 amide bonds. The molecule has 4 aromatic rings. The highest BCUT2D eigenvalue weighted by atomic mass is 16.1. The monoisotopic (exact) mass is 357 g/mol. The Balaban J connectivity index is 1.64. The molecule has 1 atom stereocenters. The highest BCUT2D eigenvalue weighted by Gasteiger charge is 2.19. The molecule has 0 aliphatic rings. The summed E-state index contributed by atoms with van der Waals surface area (Å²) in [5.74, 6) is -0.207. The summed E-state index contributed by atoms with van der Waals surface area (Å²) in [6, 6.07) is 21.1. The molecule has 2 aromatic heterocycles. The van der Waals surface area contributed by atoms with Gasteiger partial charge in [-0.15, -0.1) is 0 Å². The van der Waals surface area contributed by atoms with Crippen LogP contribution in [0.5, 0.6) is 0 Å². The largest absolute Gasteiger partial charge is 0.361 e. The molecule has 2 heterocycles. The molecule has 4 rings (SSSR count). The zero-order valence-electron chi connectivity index (χ0n) is 14.6. The van der Waals surface area contributed by atoms with E-state index in [-0.39, 0.29) is 17.4 Å². The Kier molecular flexibility index (Phi) is 4.58. The lowest BCUT2D eigenvalue weighted by atomic mass is 9.91. The second kappa shape index (κ2) is 7.33. The summed E-state index contributed by atoms with van der Waals surface area (Å²) in [6.45, 7) is 0.448. The van der Waals surface area contributed by atoms with Gasteiger partial charge < -0.3 is 15.3 Å². The lowest BCUT2D eigenvalue weighted by Crippen LogP contribution is -2.29. The smallest absolute Gasteiger partial charge is 0.252 e. The van der Waals surface area contributed by atoms with Gasteiger partial charge in [-0.05, 0) is 23.3 Å². The summed E-state index contributed by atoms with van der Waals surface area (Å²) in [4.78, 5) is 29.5. The van der Waals surface area contributed by atoms with Gasteiger partial charge in [0.15, 0.2) is 0 Å². The molecule has 0 radical (unpaired) electrons. The maximum absolute atomic E-state index is 12.5. The summed E-state index contributed by atoms with van der Waals surface area (Å²) in [5, 5.41) is 4.14. The predicted octanol–water partition coefficient (Wildman–Crippen LogP) is 3.42. The molecular weight excluding hydrogens is 338 g/mol. The molecule has 3 N–H and O–H groups in total. The van der Waals surface area contributed by atoms with Crippen molar-refractivity contribution in [2.24, 2.45) is 0 Å². The second-order valence-electron chi connectivity index (χ2n) is 6.40. The van der Waals surface area contributed by atoms with E-state index < -0.39 is 0 Å². The van der Waals surface area contributed by atoms with Crippen LogP contribution in [-0.4, -0.2) is 22.4 Å². The fraction of sp³-hybridized carbons (Fsp3) is 0.0909. The van der Waals surface area contributed by atoms with Gasteiger partial charge in [0.25, 0.3) is 5.91 Å². The molecular formula is C22H19N3O2. The number of aromatic nitrogens is 2. The molecule has 0 aliphatic heterocycles. The average Bonchev–Trinajstić information content (AvgIpc) is 3.13. The number of carbonyl (C=O) groups excluding carboxylic acids is 1. The Morgan fingerprint density at radius 1 is 0.889 bits per heavy atom. The Bertz CT molecular complexity index is 1110. The van der Waals surface area contributed by atoms with Crippen molar-refractivity contribution in [3.05, 3.63) is 106 Å². The third-order valence-electron chi connectivity index (χ3n) is 4.71. The van der Waals surface area contributed by atoms with Crippen molar-refractivity contribution in [2.75, 3.05) is 6.54 Å². The van der Waals surface area contributed by atoms with Crippen molar-refractivity contribution < 1.29 is 4.79 Å². The summed E-state index contributed by atoms with van der Waals surface area (Å²) in [7, 11) is 0. The first kappa shape index (κ1) is 16.8. The molecule has 5 nitrogen and oxygen atoms in total. The molecule has 0 saturated carbocycles. The van der Waals surface area contributed by atoms with E-state index in [1.165, 1.54) is 18.3 Å². The van der Waals surface area contributed by atoms with Crippen molar-refractivity contribution >= 4 is 16.8 Å². The number of amides is 1. The first-order valence-electron chi connectivity index (χ1n) is 8.80. The van der Waals surface area contributed by atoms with Crippen molar-refractivity contribution in [1.29, 1.82) is 0 Å². The van der Waals surface area contributed by atoms with Crippen LogP contribution >= 0.6 is 0 Å². The molecule has 0 fully saturated rings.